The average molecular weight is 662 g/mol. The number of allylic oxidation sites excluding steroid dienone is 4. The molecule has 0 bridgehead atoms. The van der Waals surface area contributed by atoms with Crippen molar-refractivity contribution in [2.45, 2.75) is 46.5 Å². The lowest BCUT2D eigenvalue weighted by Gasteiger charge is -2.24. The molecule has 0 spiro atoms. The van der Waals surface area contributed by atoms with Gasteiger partial charge < -0.3 is 30.9 Å². The molecule has 1 fully saturated rings. The molecule has 11 nitrogen and oxygen atoms in total. The van der Waals surface area contributed by atoms with Gasteiger partial charge in [0.2, 0.25) is 5.91 Å². The number of carbonyl (C=O) groups is 3. The molecule has 2 aliphatic rings. The van der Waals surface area contributed by atoms with Crippen molar-refractivity contribution in [1.82, 2.24) is 25.7 Å². The summed E-state index contributed by atoms with van der Waals surface area (Å²) in [5.74, 6) is 0.385. The fourth-order valence-electron chi connectivity index (χ4n) is 4.95. The summed E-state index contributed by atoms with van der Waals surface area (Å²) < 4.78 is 5.84. The van der Waals surface area contributed by atoms with Crippen LogP contribution in [0, 0.1) is 11.8 Å². The van der Waals surface area contributed by atoms with Gasteiger partial charge in [0, 0.05) is 44.7 Å². The Hall–Kier alpha value is -4.64. The molecular weight excluding hydrogens is 618 g/mol. The maximum atomic E-state index is 13.4. The molecule has 1 aliphatic heterocycles. The molecule has 1 aliphatic carbocycles. The fraction of sp³-hybridized carbons (Fsp3) is 0.400. The Morgan fingerprint density at radius 1 is 1.17 bits per heavy atom. The van der Waals surface area contributed by atoms with Crippen LogP contribution >= 0.6 is 11.6 Å². The Balaban J connectivity index is 1.59. The van der Waals surface area contributed by atoms with Crippen molar-refractivity contribution in [1.29, 1.82) is 0 Å². The van der Waals surface area contributed by atoms with Crippen molar-refractivity contribution in [3.63, 3.8) is 0 Å². The zero-order valence-corrected chi connectivity index (χ0v) is 28.6. The number of aromatic nitrogens is 2. The summed E-state index contributed by atoms with van der Waals surface area (Å²) in [6, 6.07) is 5.01. The van der Waals surface area contributed by atoms with E-state index in [0.29, 0.717) is 52.4 Å². The van der Waals surface area contributed by atoms with Gasteiger partial charge in [-0.05, 0) is 54.5 Å². The van der Waals surface area contributed by atoms with E-state index >= 15 is 0 Å². The number of ether oxygens (including phenoxy) is 1. The number of nitrogens with zero attached hydrogens (tertiary/aromatic N) is 3. The van der Waals surface area contributed by atoms with Crippen LogP contribution in [0.5, 0.6) is 5.75 Å². The van der Waals surface area contributed by atoms with Crippen LogP contribution in [0.25, 0.3) is 5.57 Å². The van der Waals surface area contributed by atoms with E-state index in [-0.39, 0.29) is 29.2 Å². The topological polar surface area (TPSA) is 138 Å². The highest BCUT2D eigenvalue weighted by Crippen LogP contribution is 2.41. The van der Waals surface area contributed by atoms with Crippen molar-refractivity contribution < 1.29 is 19.1 Å². The lowest BCUT2D eigenvalue weighted by molar-refractivity contribution is -0.125. The maximum absolute atomic E-state index is 13.4. The summed E-state index contributed by atoms with van der Waals surface area (Å²) in [5.41, 5.74) is 3.86. The van der Waals surface area contributed by atoms with Crippen LogP contribution in [0.1, 0.15) is 62.5 Å². The van der Waals surface area contributed by atoms with Crippen LogP contribution in [-0.4, -0.2) is 67.1 Å². The Morgan fingerprint density at radius 3 is 2.55 bits per heavy atom. The molecule has 47 heavy (non-hydrogen) atoms. The first kappa shape index (κ1) is 35.2. The molecule has 2 heterocycles. The van der Waals surface area contributed by atoms with Gasteiger partial charge in [-0.1, -0.05) is 63.1 Å². The van der Waals surface area contributed by atoms with Crippen LogP contribution in [-0.2, 0) is 9.59 Å². The number of carbonyl (C=O) groups excluding carboxylic acids is 3. The SMILES string of the molecule is CC/C=C(/C=C\C(C)CC)CN(C)C(=O)C1=CC=C(c2c(Cl)ccc(Nc3cc(NC(=O)C4CC4)nnc3C(=O)NC)c2OC)CN1. The van der Waals surface area contributed by atoms with Crippen LogP contribution in [0.4, 0.5) is 17.2 Å². The van der Waals surface area contributed by atoms with Gasteiger partial charge in [0.15, 0.2) is 17.3 Å². The highest BCUT2D eigenvalue weighted by atomic mass is 35.5. The predicted molar refractivity (Wildman–Crippen MR) is 187 cm³/mol. The van der Waals surface area contributed by atoms with Gasteiger partial charge in [-0.3, -0.25) is 14.4 Å². The van der Waals surface area contributed by atoms with E-state index in [1.165, 1.54) is 14.2 Å². The number of likely N-dealkylation sites (N-methyl/N-ethyl adjacent to an activating group) is 1. The molecule has 4 rings (SSSR count). The zero-order chi connectivity index (χ0) is 34.1. The summed E-state index contributed by atoms with van der Waals surface area (Å²) in [6.07, 6.45) is 13.7. The standard InChI is InChI=1S/C35H44ClN7O4/c1-7-9-22(11-10-21(3)8-2)20-43(5)35(46)27-16-14-24(19-38-27)30-25(36)15-17-26(32(30)47-6)39-28-18-29(40-33(44)23-12-13-23)41-42-31(28)34(45)37-4/h9-11,14-18,21,23,38H,7-8,12-13,19-20H2,1-6H3,(H,37,45)(H2,39,40,41,44)/b11-10-,22-9-. The number of halogens is 1. The van der Waals surface area contributed by atoms with Gasteiger partial charge in [0.25, 0.3) is 11.8 Å². The number of nitrogens with one attached hydrogen (secondary N) is 4. The van der Waals surface area contributed by atoms with Gasteiger partial charge in [-0.2, -0.15) is 0 Å². The highest BCUT2D eigenvalue weighted by Gasteiger charge is 2.30. The quantitative estimate of drug-likeness (QED) is 0.185. The summed E-state index contributed by atoms with van der Waals surface area (Å²) in [7, 11) is 4.82. The molecule has 2 aromatic rings. The summed E-state index contributed by atoms with van der Waals surface area (Å²) >= 11 is 6.72. The number of hydrogen-bond donors (Lipinski definition) is 4. The molecule has 1 atom stereocenters. The first-order valence-electron chi connectivity index (χ1n) is 15.9. The summed E-state index contributed by atoms with van der Waals surface area (Å²) in [4.78, 5) is 40.0. The second kappa shape index (κ2) is 16.3. The molecule has 1 saturated carbocycles. The molecule has 1 unspecified atom stereocenters. The Labute approximate surface area is 281 Å². The van der Waals surface area contributed by atoms with Crippen LogP contribution in [0.2, 0.25) is 5.02 Å². The van der Waals surface area contributed by atoms with Crippen molar-refractivity contribution in [2.24, 2.45) is 11.8 Å². The lowest BCUT2D eigenvalue weighted by atomic mass is 10.00. The van der Waals surface area contributed by atoms with E-state index in [0.717, 1.165) is 36.8 Å². The Kier molecular flexibility index (Phi) is 12.2. The number of methoxy groups -OCH3 is 1. The van der Waals surface area contributed by atoms with E-state index in [9.17, 15) is 14.4 Å². The van der Waals surface area contributed by atoms with E-state index in [1.807, 2.05) is 6.08 Å². The Morgan fingerprint density at radius 2 is 1.94 bits per heavy atom. The largest absolute Gasteiger partial charge is 0.494 e. The molecule has 12 heteroatoms. The first-order valence-corrected chi connectivity index (χ1v) is 16.3. The van der Waals surface area contributed by atoms with E-state index in [4.69, 9.17) is 16.3 Å². The minimum atomic E-state index is -0.455. The maximum Gasteiger partial charge on any atom is 0.273 e. The molecule has 0 saturated heterocycles. The Bertz CT molecular complexity index is 1630. The fourth-order valence-corrected chi connectivity index (χ4v) is 5.23. The minimum absolute atomic E-state index is 0.0274. The minimum Gasteiger partial charge on any atom is -0.494 e. The predicted octanol–water partition coefficient (Wildman–Crippen LogP) is 5.86. The second-order valence-electron chi connectivity index (χ2n) is 11.7. The van der Waals surface area contributed by atoms with Gasteiger partial charge >= 0.3 is 0 Å². The monoisotopic (exact) mass is 661 g/mol. The molecule has 0 radical (unpaired) electrons. The molecule has 1 aromatic carbocycles. The molecular formula is C35H44ClN7O4. The van der Waals surface area contributed by atoms with Gasteiger partial charge in [0.05, 0.1) is 23.5 Å². The number of amides is 3. The van der Waals surface area contributed by atoms with E-state index in [1.54, 1.807) is 36.2 Å². The van der Waals surface area contributed by atoms with Crippen LogP contribution < -0.4 is 26.0 Å². The van der Waals surface area contributed by atoms with Gasteiger partial charge in [-0.15, -0.1) is 10.2 Å². The number of rotatable bonds is 14. The molecule has 3 amide bonds. The van der Waals surface area contributed by atoms with E-state index < -0.39 is 5.91 Å². The van der Waals surface area contributed by atoms with Crippen LogP contribution in [0.15, 0.2) is 59.8 Å². The van der Waals surface area contributed by atoms with Crippen LogP contribution in [0.3, 0.4) is 0 Å². The van der Waals surface area contributed by atoms with Crippen molar-refractivity contribution >= 4 is 52.1 Å². The third-order valence-corrected chi connectivity index (χ3v) is 8.32. The third kappa shape index (κ3) is 9.00. The smallest absolute Gasteiger partial charge is 0.273 e. The van der Waals surface area contributed by atoms with Gasteiger partial charge in [0.1, 0.15) is 5.70 Å². The molecule has 250 valence electrons. The summed E-state index contributed by atoms with van der Waals surface area (Å²) in [5, 5.41) is 20.4. The lowest BCUT2D eigenvalue weighted by Crippen LogP contribution is -2.36. The van der Waals surface area contributed by atoms with E-state index in [2.05, 4.69) is 70.5 Å². The second-order valence-corrected chi connectivity index (χ2v) is 12.1. The van der Waals surface area contributed by atoms with Crippen molar-refractivity contribution in [3.8, 4) is 5.75 Å². The molecule has 1 aromatic heterocycles. The van der Waals surface area contributed by atoms with Crippen molar-refractivity contribution in [3.05, 3.63) is 76.1 Å². The highest BCUT2D eigenvalue weighted by molar-refractivity contribution is 6.33. The first-order chi connectivity index (χ1) is 22.6. The summed E-state index contributed by atoms with van der Waals surface area (Å²) in [6.45, 7) is 7.24. The van der Waals surface area contributed by atoms with Crippen molar-refractivity contribution in [2.75, 3.05) is 44.9 Å². The number of dihydropyridines is 1. The average Bonchev–Trinajstić information content (AvgIpc) is 3.93. The third-order valence-electron chi connectivity index (χ3n) is 8.00. The zero-order valence-electron chi connectivity index (χ0n) is 27.9. The van der Waals surface area contributed by atoms with Gasteiger partial charge in [-0.25, -0.2) is 0 Å². The number of anilines is 3. The number of benzene rings is 1. The molecule has 4 N–H and O–H groups in total. The number of hydrogen-bond acceptors (Lipinski definition) is 8. The normalized spacial score (nSPS) is 15.3.